The summed E-state index contributed by atoms with van der Waals surface area (Å²) in [5.41, 5.74) is 4.82. The van der Waals surface area contributed by atoms with E-state index in [4.69, 9.17) is 0 Å². The van der Waals surface area contributed by atoms with Crippen molar-refractivity contribution >= 4 is 11.6 Å². The highest BCUT2D eigenvalue weighted by atomic mass is 16.2. The molecule has 0 fully saturated rings. The highest BCUT2D eigenvalue weighted by Gasteiger charge is 2.19. The number of carbonyl (C=O) groups excluding carboxylic acids is 1. The van der Waals surface area contributed by atoms with Gasteiger partial charge in [0.25, 0.3) is 0 Å². The van der Waals surface area contributed by atoms with Crippen LogP contribution in [0.15, 0.2) is 42.7 Å². The molecule has 0 saturated carbocycles. The van der Waals surface area contributed by atoms with Crippen molar-refractivity contribution in [3.63, 3.8) is 0 Å². The molecule has 5 nitrogen and oxygen atoms in total. The first-order valence-electron chi connectivity index (χ1n) is 7.93. The average Bonchev–Trinajstić information content (AvgIpc) is 2.95. The minimum atomic E-state index is 0.0751. The molecule has 1 aromatic heterocycles. The van der Waals surface area contributed by atoms with Crippen LogP contribution in [0, 0.1) is 6.92 Å². The van der Waals surface area contributed by atoms with Crippen LogP contribution in [0.3, 0.4) is 0 Å². The van der Waals surface area contributed by atoms with Crippen molar-refractivity contribution < 1.29 is 4.79 Å². The molecule has 2 heterocycles. The van der Waals surface area contributed by atoms with Crippen molar-refractivity contribution in [3.8, 4) is 0 Å². The molecule has 23 heavy (non-hydrogen) atoms. The van der Waals surface area contributed by atoms with E-state index < -0.39 is 0 Å². The zero-order valence-electron chi connectivity index (χ0n) is 13.4. The second-order valence-electron chi connectivity index (χ2n) is 5.88. The van der Waals surface area contributed by atoms with Crippen LogP contribution in [-0.4, -0.2) is 35.4 Å². The second-order valence-corrected chi connectivity index (χ2v) is 5.88. The van der Waals surface area contributed by atoms with Gasteiger partial charge < -0.3 is 10.6 Å². The molecular formula is C18H22N4O. The first kappa shape index (κ1) is 15.5. The van der Waals surface area contributed by atoms with E-state index >= 15 is 0 Å². The number of anilines is 1. The van der Waals surface area contributed by atoms with E-state index in [9.17, 15) is 4.79 Å². The van der Waals surface area contributed by atoms with Gasteiger partial charge in [0.05, 0.1) is 6.54 Å². The molecule has 0 unspecified atom stereocenters. The Bertz CT molecular complexity index is 661. The van der Waals surface area contributed by atoms with Crippen LogP contribution in [0.1, 0.15) is 16.7 Å². The molecule has 1 aliphatic heterocycles. The molecule has 0 bridgehead atoms. The number of rotatable bonds is 6. The molecule has 1 aliphatic rings. The van der Waals surface area contributed by atoms with Crippen LogP contribution in [0.5, 0.6) is 0 Å². The van der Waals surface area contributed by atoms with Gasteiger partial charge in [-0.15, -0.1) is 0 Å². The molecule has 0 aliphatic carbocycles. The van der Waals surface area contributed by atoms with Gasteiger partial charge in [0.2, 0.25) is 5.91 Å². The Balaban J connectivity index is 1.37. The Labute approximate surface area is 136 Å². The van der Waals surface area contributed by atoms with Gasteiger partial charge in [0, 0.05) is 44.3 Å². The quantitative estimate of drug-likeness (QED) is 0.801. The summed E-state index contributed by atoms with van der Waals surface area (Å²) >= 11 is 0. The number of amides is 1. The van der Waals surface area contributed by atoms with E-state index in [0.717, 1.165) is 24.3 Å². The lowest BCUT2D eigenvalue weighted by Gasteiger charge is -2.15. The first-order chi connectivity index (χ1) is 11.2. The summed E-state index contributed by atoms with van der Waals surface area (Å²) in [6.45, 7) is 5.50. The van der Waals surface area contributed by atoms with Crippen LogP contribution < -0.4 is 10.6 Å². The number of hydrogen-bond donors (Lipinski definition) is 2. The first-order valence-corrected chi connectivity index (χ1v) is 7.93. The summed E-state index contributed by atoms with van der Waals surface area (Å²) in [7, 11) is 0. The molecule has 2 aromatic rings. The van der Waals surface area contributed by atoms with E-state index in [1.54, 1.807) is 6.20 Å². The number of aromatic nitrogens is 1. The number of hydrogen-bond acceptors (Lipinski definition) is 4. The lowest BCUT2D eigenvalue weighted by molar-refractivity contribution is -0.122. The summed E-state index contributed by atoms with van der Waals surface area (Å²) in [6.07, 6.45) is 3.59. The van der Waals surface area contributed by atoms with Gasteiger partial charge in [0.1, 0.15) is 0 Å². The fourth-order valence-electron chi connectivity index (χ4n) is 2.85. The zero-order valence-corrected chi connectivity index (χ0v) is 13.4. The van der Waals surface area contributed by atoms with Gasteiger partial charge >= 0.3 is 0 Å². The number of nitrogens with zero attached hydrogens (tertiary/aromatic N) is 2. The Kier molecular flexibility index (Phi) is 4.88. The molecule has 0 saturated heterocycles. The summed E-state index contributed by atoms with van der Waals surface area (Å²) in [5.74, 6) is 0.0751. The summed E-state index contributed by atoms with van der Waals surface area (Å²) in [6, 6.07) is 10.3. The largest absolute Gasteiger partial charge is 0.383 e. The minimum Gasteiger partial charge on any atom is -0.383 e. The molecule has 2 N–H and O–H groups in total. The van der Waals surface area contributed by atoms with Gasteiger partial charge in [-0.3, -0.25) is 14.7 Å². The maximum atomic E-state index is 12.0. The molecule has 0 atom stereocenters. The van der Waals surface area contributed by atoms with Gasteiger partial charge in [-0.05, 0) is 29.7 Å². The number of carbonyl (C=O) groups is 1. The zero-order chi connectivity index (χ0) is 16.1. The molecular weight excluding hydrogens is 288 g/mol. The number of pyridine rings is 1. The fourth-order valence-corrected chi connectivity index (χ4v) is 2.85. The molecule has 1 aromatic carbocycles. The lowest BCUT2D eigenvalue weighted by Crippen LogP contribution is -2.36. The molecule has 1 amide bonds. The Hall–Kier alpha value is -2.40. The van der Waals surface area contributed by atoms with Gasteiger partial charge in [-0.2, -0.15) is 0 Å². The summed E-state index contributed by atoms with van der Waals surface area (Å²) < 4.78 is 0. The van der Waals surface area contributed by atoms with Gasteiger partial charge in [0.15, 0.2) is 0 Å². The SMILES string of the molecule is Cc1cnccc1NCCNC(=O)CN1Cc2ccccc2C1. The third kappa shape index (κ3) is 4.07. The third-order valence-corrected chi connectivity index (χ3v) is 4.06. The average molecular weight is 310 g/mol. The summed E-state index contributed by atoms with van der Waals surface area (Å²) in [5, 5.41) is 6.28. The van der Waals surface area contributed by atoms with Crippen LogP contribution in [0.25, 0.3) is 0 Å². The normalized spacial score (nSPS) is 13.6. The minimum absolute atomic E-state index is 0.0751. The summed E-state index contributed by atoms with van der Waals surface area (Å²) in [4.78, 5) is 18.3. The van der Waals surface area contributed by atoms with Crippen LogP contribution >= 0.6 is 0 Å². The monoisotopic (exact) mass is 310 g/mol. The van der Waals surface area contributed by atoms with Crippen LogP contribution in [0.2, 0.25) is 0 Å². The molecule has 5 heteroatoms. The van der Waals surface area contributed by atoms with E-state index in [1.165, 1.54) is 11.1 Å². The highest BCUT2D eigenvalue weighted by Crippen LogP contribution is 2.21. The van der Waals surface area contributed by atoms with Crippen LogP contribution in [-0.2, 0) is 17.9 Å². The van der Waals surface area contributed by atoms with Crippen LogP contribution in [0.4, 0.5) is 5.69 Å². The van der Waals surface area contributed by atoms with Gasteiger partial charge in [-0.25, -0.2) is 0 Å². The lowest BCUT2D eigenvalue weighted by atomic mass is 10.1. The predicted octanol–water partition coefficient (Wildman–Crippen LogP) is 1.93. The van der Waals surface area contributed by atoms with Crippen molar-refractivity contribution in [1.82, 2.24) is 15.2 Å². The molecule has 0 radical (unpaired) electrons. The van der Waals surface area contributed by atoms with Crippen molar-refractivity contribution in [1.29, 1.82) is 0 Å². The third-order valence-electron chi connectivity index (χ3n) is 4.06. The molecule has 3 rings (SSSR count). The van der Waals surface area contributed by atoms with Crippen molar-refractivity contribution in [2.24, 2.45) is 0 Å². The smallest absolute Gasteiger partial charge is 0.234 e. The number of aryl methyl sites for hydroxylation is 1. The fraction of sp³-hybridized carbons (Fsp3) is 0.333. The number of fused-ring (bicyclic) bond motifs is 1. The maximum Gasteiger partial charge on any atom is 0.234 e. The molecule has 120 valence electrons. The Morgan fingerprint density at radius 1 is 1.17 bits per heavy atom. The number of nitrogens with one attached hydrogen (secondary N) is 2. The second kappa shape index (κ2) is 7.24. The van der Waals surface area contributed by atoms with Gasteiger partial charge in [-0.1, -0.05) is 24.3 Å². The van der Waals surface area contributed by atoms with Crippen molar-refractivity contribution in [2.45, 2.75) is 20.0 Å². The highest BCUT2D eigenvalue weighted by molar-refractivity contribution is 5.78. The maximum absolute atomic E-state index is 12.0. The van der Waals surface area contributed by atoms with Crippen molar-refractivity contribution in [3.05, 3.63) is 59.4 Å². The van der Waals surface area contributed by atoms with E-state index in [1.807, 2.05) is 19.2 Å². The predicted molar refractivity (Wildman–Crippen MR) is 91.0 cm³/mol. The Morgan fingerprint density at radius 2 is 1.91 bits per heavy atom. The van der Waals surface area contributed by atoms with Crippen molar-refractivity contribution in [2.75, 3.05) is 25.0 Å². The van der Waals surface area contributed by atoms with E-state index in [-0.39, 0.29) is 5.91 Å². The Morgan fingerprint density at radius 3 is 2.61 bits per heavy atom. The standard InChI is InChI=1S/C18H22N4O/c1-14-10-19-7-6-17(14)20-8-9-21-18(23)13-22-11-15-4-2-3-5-16(15)12-22/h2-7,10H,8-9,11-13H2,1H3,(H,19,20)(H,21,23). The topological polar surface area (TPSA) is 57.3 Å². The van der Waals surface area contributed by atoms with E-state index in [2.05, 4.69) is 44.8 Å². The van der Waals surface area contributed by atoms with E-state index in [0.29, 0.717) is 19.6 Å². The molecule has 0 spiro atoms. The number of benzene rings is 1.